The van der Waals surface area contributed by atoms with Gasteiger partial charge in [0.15, 0.2) is 5.96 Å². The number of rotatable bonds is 11. The van der Waals surface area contributed by atoms with E-state index in [9.17, 15) is 5.11 Å². The zero-order valence-corrected chi connectivity index (χ0v) is 16.4. The maximum absolute atomic E-state index is 9.36. The van der Waals surface area contributed by atoms with E-state index in [1.807, 2.05) is 0 Å². The molecule has 0 spiro atoms. The number of likely N-dealkylation sites (tertiary alicyclic amines) is 1. The molecule has 1 rings (SSSR count). The van der Waals surface area contributed by atoms with E-state index in [4.69, 9.17) is 4.99 Å². The zero-order valence-electron chi connectivity index (χ0n) is 16.4. The lowest BCUT2D eigenvalue weighted by Crippen LogP contribution is -2.42. The number of aliphatic imine (C=N–C) groups is 1. The number of nitrogens with zero attached hydrogens (tertiary/aromatic N) is 2. The number of hydrogen-bond donors (Lipinski definition) is 3. The summed E-state index contributed by atoms with van der Waals surface area (Å²) < 4.78 is 0. The van der Waals surface area contributed by atoms with E-state index in [0.717, 1.165) is 44.9 Å². The Morgan fingerprint density at radius 3 is 2.38 bits per heavy atom. The van der Waals surface area contributed by atoms with Gasteiger partial charge in [-0.2, -0.15) is 0 Å². The topological polar surface area (TPSA) is 59.9 Å². The van der Waals surface area contributed by atoms with Crippen molar-refractivity contribution in [1.29, 1.82) is 0 Å². The summed E-state index contributed by atoms with van der Waals surface area (Å²) in [6.45, 7) is 15.3. The third kappa shape index (κ3) is 7.39. The Hall–Kier alpha value is -0.810. The molecule has 1 fully saturated rings. The van der Waals surface area contributed by atoms with Crippen LogP contribution in [0, 0.1) is 11.3 Å². The molecule has 1 unspecified atom stereocenters. The number of hydrogen-bond acceptors (Lipinski definition) is 3. The van der Waals surface area contributed by atoms with Crippen molar-refractivity contribution in [3.8, 4) is 0 Å². The summed E-state index contributed by atoms with van der Waals surface area (Å²) in [6.07, 6.45) is 5.64. The maximum atomic E-state index is 9.36. The zero-order chi connectivity index (χ0) is 17.8. The van der Waals surface area contributed by atoms with Crippen molar-refractivity contribution in [3.05, 3.63) is 0 Å². The second-order valence-electron chi connectivity index (χ2n) is 7.37. The van der Waals surface area contributed by atoms with Gasteiger partial charge in [0, 0.05) is 32.8 Å². The van der Waals surface area contributed by atoms with Crippen molar-refractivity contribution >= 4 is 5.96 Å². The molecule has 142 valence electrons. The highest BCUT2D eigenvalue weighted by molar-refractivity contribution is 5.79. The van der Waals surface area contributed by atoms with Crippen LogP contribution in [0.1, 0.15) is 59.8 Å². The maximum Gasteiger partial charge on any atom is 0.191 e. The normalized spacial score (nSPS) is 18.0. The average Bonchev–Trinajstić information content (AvgIpc) is 3.09. The van der Waals surface area contributed by atoms with Gasteiger partial charge in [-0.1, -0.05) is 20.8 Å². The lowest BCUT2D eigenvalue weighted by Gasteiger charge is -2.29. The summed E-state index contributed by atoms with van der Waals surface area (Å²) in [5.74, 6) is 1.53. The molecule has 1 atom stereocenters. The van der Waals surface area contributed by atoms with Crippen molar-refractivity contribution in [2.24, 2.45) is 16.3 Å². The van der Waals surface area contributed by atoms with Gasteiger partial charge in [0.2, 0.25) is 0 Å². The van der Waals surface area contributed by atoms with Crippen molar-refractivity contribution in [3.63, 3.8) is 0 Å². The Bertz CT molecular complexity index is 349. The van der Waals surface area contributed by atoms with Gasteiger partial charge in [0.25, 0.3) is 0 Å². The number of aliphatic hydroxyl groups excluding tert-OH is 1. The minimum atomic E-state index is 0.123. The summed E-state index contributed by atoms with van der Waals surface area (Å²) in [5, 5.41) is 16.2. The van der Waals surface area contributed by atoms with Gasteiger partial charge in [0.1, 0.15) is 0 Å². The Morgan fingerprint density at radius 1 is 1.17 bits per heavy atom. The van der Waals surface area contributed by atoms with E-state index in [1.165, 1.54) is 32.5 Å². The van der Waals surface area contributed by atoms with E-state index >= 15 is 0 Å². The molecule has 1 aliphatic rings. The van der Waals surface area contributed by atoms with Crippen LogP contribution in [-0.2, 0) is 0 Å². The minimum Gasteiger partial charge on any atom is -0.396 e. The molecule has 0 bridgehead atoms. The predicted molar refractivity (Wildman–Crippen MR) is 104 cm³/mol. The van der Waals surface area contributed by atoms with E-state index in [2.05, 4.69) is 43.2 Å². The summed E-state index contributed by atoms with van der Waals surface area (Å²) in [7, 11) is 0. The minimum absolute atomic E-state index is 0.123. The highest BCUT2D eigenvalue weighted by Crippen LogP contribution is 2.30. The van der Waals surface area contributed by atoms with Crippen LogP contribution < -0.4 is 10.6 Å². The van der Waals surface area contributed by atoms with Gasteiger partial charge in [-0.05, 0) is 63.5 Å². The molecule has 0 amide bonds. The molecule has 5 heteroatoms. The van der Waals surface area contributed by atoms with Crippen molar-refractivity contribution in [2.45, 2.75) is 59.8 Å². The van der Waals surface area contributed by atoms with Crippen LogP contribution >= 0.6 is 0 Å². The molecule has 5 nitrogen and oxygen atoms in total. The van der Waals surface area contributed by atoms with Crippen LogP contribution in [0.25, 0.3) is 0 Å². The molecule has 1 saturated heterocycles. The molecular weight excluding hydrogens is 300 g/mol. The van der Waals surface area contributed by atoms with Gasteiger partial charge in [-0.15, -0.1) is 0 Å². The molecular formula is C19H40N4O. The largest absolute Gasteiger partial charge is 0.396 e. The summed E-state index contributed by atoms with van der Waals surface area (Å²) in [5.41, 5.74) is 0.123. The lowest BCUT2D eigenvalue weighted by molar-refractivity contribution is 0.175. The molecule has 0 aliphatic carbocycles. The highest BCUT2D eigenvalue weighted by atomic mass is 16.3. The molecule has 1 aliphatic heterocycles. The molecule has 1 heterocycles. The predicted octanol–water partition coefficient (Wildman–Crippen LogP) is 2.46. The van der Waals surface area contributed by atoms with Crippen molar-refractivity contribution in [1.82, 2.24) is 15.5 Å². The monoisotopic (exact) mass is 340 g/mol. The summed E-state index contributed by atoms with van der Waals surface area (Å²) in [4.78, 5) is 7.39. The molecule has 0 aromatic heterocycles. The van der Waals surface area contributed by atoms with Gasteiger partial charge in [-0.3, -0.25) is 4.99 Å². The summed E-state index contributed by atoms with van der Waals surface area (Å²) in [6, 6.07) is 0. The number of aliphatic hydroxyl groups is 1. The van der Waals surface area contributed by atoms with Crippen LogP contribution in [0.5, 0.6) is 0 Å². The molecule has 24 heavy (non-hydrogen) atoms. The second kappa shape index (κ2) is 11.7. The molecule has 0 aromatic carbocycles. The van der Waals surface area contributed by atoms with Crippen molar-refractivity contribution in [2.75, 3.05) is 45.9 Å². The number of nitrogens with one attached hydrogen (secondary N) is 2. The molecule has 0 aromatic rings. The SMILES string of the molecule is CCNC(=NCC(CC)(CC)CCO)NCC(C)CN1CCCC1. The standard InChI is InChI=1S/C19H40N4O/c1-5-19(6-2,10-13-24)16-22-18(20-7-3)21-14-17(4)15-23-11-8-9-12-23/h17,24H,5-16H2,1-4H3,(H2,20,21,22). The Morgan fingerprint density at radius 2 is 1.83 bits per heavy atom. The van der Waals surface area contributed by atoms with Crippen LogP contribution in [0.4, 0.5) is 0 Å². The van der Waals surface area contributed by atoms with Gasteiger partial charge >= 0.3 is 0 Å². The lowest BCUT2D eigenvalue weighted by atomic mass is 9.79. The van der Waals surface area contributed by atoms with Crippen LogP contribution in [0.15, 0.2) is 4.99 Å². The Balaban J connectivity index is 2.51. The van der Waals surface area contributed by atoms with Gasteiger partial charge in [0.05, 0.1) is 0 Å². The van der Waals surface area contributed by atoms with Crippen molar-refractivity contribution < 1.29 is 5.11 Å². The molecule has 0 radical (unpaired) electrons. The summed E-state index contributed by atoms with van der Waals surface area (Å²) >= 11 is 0. The third-order valence-corrected chi connectivity index (χ3v) is 5.45. The molecule has 0 saturated carbocycles. The second-order valence-corrected chi connectivity index (χ2v) is 7.37. The first-order valence-corrected chi connectivity index (χ1v) is 9.94. The highest BCUT2D eigenvalue weighted by Gasteiger charge is 2.25. The molecule has 3 N–H and O–H groups in total. The van der Waals surface area contributed by atoms with E-state index in [0.29, 0.717) is 5.92 Å². The fraction of sp³-hybridized carbons (Fsp3) is 0.947. The van der Waals surface area contributed by atoms with Crippen LogP contribution in [0.3, 0.4) is 0 Å². The van der Waals surface area contributed by atoms with Crippen LogP contribution in [0.2, 0.25) is 0 Å². The quantitative estimate of drug-likeness (QED) is 0.399. The van der Waals surface area contributed by atoms with Gasteiger partial charge < -0.3 is 20.6 Å². The fourth-order valence-electron chi connectivity index (χ4n) is 3.47. The first kappa shape index (κ1) is 21.2. The Kier molecular flexibility index (Phi) is 10.3. The van der Waals surface area contributed by atoms with E-state index < -0.39 is 0 Å². The fourth-order valence-corrected chi connectivity index (χ4v) is 3.47. The third-order valence-electron chi connectivity index (χ3n) is 5.45. The van der Waals surface area contributed by atoms with Gasteiger partial charge in [-0.25, -0.2) is 0 Å². The Labute approximate surface area is 149 Å². The van der Waals surface area contributed by atoms with E-state index in [1.54, 1.807) is 0 Å². The van der Waals surface area contributed by atoms with Crippen LogP contribution in [-0.4, -0.2) is 61.8 Å². The number of guanidine groups is 1. The first-order valence-electron chi connectivity index (χ1n) is 9.94. The smallest absolute Gasteiger partial charge is 0.191 e. The average molecular weight is 341 g/mol. The first-order chi connectivity index (χ1) is 11.6. The van der Waals surface area contributed by atoms with E-state index in [-0.39, 0.29) is 12.0 Å².